The van der Waals surface area contributed by atoms with Crippen molar-refractivity contribution in [2.75, 3.05) is 13.2 Å². The zero-order chi connectivity index (χ0) is 19.1. The Bertz CT molecular complexity index is 907. The van der Waals surface area contributed by atoms with Gasteiger partial charge in [-0.05, 0) is 31.0 Å². The number of amides is 1. The van der Waals surface area contributed by atoms with E-state index in [-0.39, 0.29) is 18.2 Å². The van der Waals surface area contributed by atoms with E-state index < -0.39 is 5.97 Å². The summed E-state index contributed by atoms with van der Waals surface area (Å²) in [5.41, 5.74) is 2.39. The second-order valence-corrected chi connectivity index (χ2v) is 5.92. The number of benzene rings is 2. The third-order valence-corrected chi connectivity index (χ3v) is 3.88. The number of rotatable bonds is 7. The van der Waals surface area contributed by atoms with Gasteiger partial charge in [0.1, 0.15) is 0 Å². The maximum absolute atomic E-state index is 12.2. The van der Waals surface area contributed by atoms with Crippen molar-refractivity contribution < 1.29 is 14.3 Å². The van der Waals surface area contributed by atoms with Crippen molar-refractivity contribution in [1.29, 1.82) is 0 Å². The summed E-state index contributed by atoms with van der Waals surface area (Å²) in [4.78, 5) is 25.4. The molecule has 0 saturated heterocycles. The van der Waals surface area contributed by atoms with E-state index in [4.69, 9.17) is 4.74 Å². The van der Waals surface area contributed by atoms with E-state index in [1.807, 2.05) is 60.7 Å². The number of nitrogens with zero attached hydrogens (tertiary/aromatic N) is 3. The van der Waals surface area contributed by atoms with Crippen LogP contribution in [0.5, 0.6) is 0 Å². The highest BCUT2D eigenvalue weighted by Crippen LogP contribution is 2.09. The number of aromatic nitrogens is 3. The Morgan fingerprint density at radius 2 is 1.67 bits per heavy atom. The molecule has 0 fully saturated rings. The van der Waals surface area contributed by atoms with E-state index in [1.165, 1.54) is 4.80 Å². The summed E-state index contributed by atoms with van der Waals surface area (Å²) in [6.45, 7) is 1.79. The molecular weight excluding hydrogens is 344 g/mol. The third kappa shape index (κ3) is 5.01. The van der Waals surface area contributed by atoms with Gasteiger partial charge >= 0.3 is 5.97 Å². The van der Waals surface area contributed by atoms with Crippen molar-refractivity contribution in [2.45, 2.75) is 13.3 Å². The van der Waals surface area contributed by atoms with Gasteiger partial charge in [-0.15, -0.1) is 5.10 Å². The number of carbonyl (C=O) groups is 2. The molecular formula is C20H20N4O3. The number of esters is 1. The van der Waals surface area contributed by atoms with Crippen LogP contribution in [-0.4, -0.2) is 40.0 Å². The van der Waals surface area contributed by atoms with Crippen molar-refractivity contribution in [3.05, 3.63) is 77.6 Å². The first-order valence-electron chi connectivity index (χ1n) is 8.60. The van der Waals surface area contributed by atoms with Crippen LogP contribution in [0.2, 0.25) is 0 Å². The number of hydrogen-bond acceptors (Lipinski definition) is 5. The summed E-state index contributed by atoms with van der Waals surface area (Å²) in [5.74, 6) is -1.03. The molecule has 7 heteroatoms. The van der Waals surface area contributed by atoms with Crippen molar-refractivity contribution in [1.82, 2.24) is 20.3 Å². The molecule has 3 rings (SSSR count). The van der Waals surface area contributed by atoms with Crippen LogP contribution in [0.4, 0.5) is 0 Å². The smallest absolute Gasteiger partial charge is 0.361 e. The summed E-state index contributed by atoms with van der Waals surface area (Å²) in [6.07, 6.45) is 0.713. The molecule has 0 unspecified atom stereocenters. The monoisotopic (exact) mass is 364 g/mol. The Labute approximate surface area is 157 Å². The lowest BCUT2D eigenvalue weighted by Gasteiger charge is -2.06. The molecule has 0 aliphatic carbocycles. The summed E-state index contributed by atoms with van der Waals surface area (Å²) < 4.78 is 5.06. The number of nitrogens with one attached hydrogen (secondary N) is 1. The average Bonchev–Trinajstić information content (AvgIpc) is 3.09. The van der Waals surface area contributed by atoms with E-state index in [0.717, 1.165) is 11.3 Å². The zero-order valence-corrected chi connectivity index (χ0v) is 15.0. The highest BCUT2D eigenvalue weighted by Gasteiger charge is 2.18. The highest BCUT2D eigenvalue weighted by atomic mass is 16.5. The fourth-order valence-corrected chi connectivity index (χ4v) is 2.49. The standard InChI is InChI=1S/C20H20N4O3/c1-15-19(23-24(22-15)17-10-6-3-7-11-17)20(26)27-14-18(25)21-13-12-16-8-4-2-5-9-16/h2-11H,12-14H2,1H3,(H,21,25). The van der Waals surface area contributed by atoms with Gasteiger partial charge in [-0.3, -0.25) is 4.79 Å². The molecule has 0 radical (unpaired) electrons. The lowest BCUT2D eigenvalue weighted by Crippen LogP contribution is -2.30. The molecule has 3 aromatic rings. The topological polar surface area (TPSA) is 86.1 Å². The predicted octanol–water partition coefficient (Wildman–Crippen LogP) is 2.09. The van der Waals surface area contributed by atoms with Crippen molar-refractivity contribution in [3.8, 4) is 5.69 Å². The first-order chi connectivity index (χ1) is 13.1. The van der Waals surface area contributed by atoms with Gasteiger partial charge in [0.2, 0.25) is 0 Å². The number of carbonyl (C=O) groups excluding carboxylic acids is 2. The Balaban J connectivity index is 1.49. The molecule has 138 valence electrons. The predicted molar refractivity (Wildman–Crippen MR) is 99.5 cm³/mol. The fourth-order valence-electron chi connectivity index (χ4n) is 2.49. The summed E-state index contributed by atoms with van der Waals surface area (Å²) >= 11 is 0. The van der Waals surface area contributed by atoms with E-state index >= 15 is 0 Å². The zero-order valence-electron chi connectivity index (χ0n) is 15.0. The van der Waals surface area contributed by atoms with Gasteiger partial charge < -0.3 is 10.1 Å². The molecule has 1 aromatic heterocycles. The van der Waals surface area contributed by atoms with Gasteiger partial charge in [-0.1, -0.05) is 48.5 Å². The van der Waals surface area contributed by atoms with Crippen LogP contribution in [-0.2, 0) is 16.0 Å². The van der Waals surface area contributed by atoms with Gasteiger partial charge in [0.25, 0.3) is 5.91 Å². The maximum Gasteiger partial charge on any atom is 0.361 e. The molecule has 27 heavy (non-hydrogen) atoms. The minimum absolute atomic E-state index is 0.0935. The highest BCUT2D eigenvalue weighted by molar-refractivity contribution is 5.90. The van der Waals surface area contributed by atoms with Crippen LogP contribution in [0.3, 0.4) is 0 Å². The lowest BCUT2D eigenvalue weighted by molar-refractivity contribution is -0.124. The Hall–Kier alpha value is -3.48. The molecule has 1 N–H and O–H groups in total. The van der Waals surface area contributed by atoms with E-state index in [0.29, 0.717) is 18.7 Å². The second-order valence-electron chi connectivity index (χ2n) is 5.92. The molecule has 0 atom stereocenters. The summed E-state index contributed by atoms with van der Waals surface area (Å²) in [5, 5.41) is 11.1. The maximum atomic E-state index is 12.2. The Morgan fingerprint density at radius 3 is 2.37 bits per heavy atom. The minimum Gasteiger partial charge on any atom is -0.451 e. The second kappa shape index (κ2) is 8.75. The van der Waals surface area contributed by atoms with Crippen molar-refractivity contribution >= 4 is 11.9 Å². The molecule has 0 spiro atoms. The van der Waals surface area contributed by atoms with Crippen molar-refractivity contribution in [3.63, 3.8) is 0 Å². The molecule has 1 amide bonds. The molecule has 0 aliphatic rings. The molecule has 0 aliphatic heterocycles. The first kappa shape index (κ1) is 18.3. The molecule has 2 aromatic carbocycles. The lowest BCUT2D eigenvalue weighted by atomic mass is 10.1. The molecule has 0 bridgehead atoms. The first-order valence-corrected chi connectivity index (χ1v) is 8.60. The Kier molecular flexibility index (Phi) is 5.94. The van der Waals surface area contributed by atoms with Crippen LogP contribution in [0, 0.1) is 6.92 Å². The van der Waals surface area contributed by atoms with Gasteiger partial charge in [0.15, 0.2) is 12.3 Å². The largest absolute Gasteiger partial charge is 0.451 e. The summed E-state index contributed by atoms with van der Waals surface area (Å²) in [6, 6.07) is 19.1. The molecule has 0 saturated carbocycles. The summed E-state index contributed by atoms with van der Waals surface area (Å²) in [7, 11) is 0. The van der Waals surface area contributed by atoms with Gasteiger partial charge in [-0.2, -0.15) is 9.90 Å². The van der Waals surface area contributed by atoms with Crippen LogP contribution in [0.25, 0.3) is 5.69 Å². The molecule has 7 nitrogen and oxygen atoms in total. The SMILES string of the molecule is Cc1nn(-c2ccccc2)nc1C(=O)OCC(=O)NCCc1ccccc1. The van der Waals surface area contributed by atoms with E-state index in [9.17, 15) is 9.59 Å². The number of hydrogen-bond donors (Lipinski definition) is 1. The van der Waals surface area contributed by atoms with Gasteiger partial charge in [0.05, 0.1) is 11.4 Å². The van der Waals surface area contributed by atoms with Crippen LogP contribution < -0.4 is 5.32 Å². The van der Waals surface area contributed by atoms with Crippen molar-refractivity contribution in [2.24, 2.45) is 0 Å². The van der Waals surface area contributed by atoms with E-state index in [2.05, 4.69) is 15.5 Å². The molecule has 1 heterocycles. The quantitative estimate of drug-likeness (QED) is 0.649. The fraction of sp³-hybridized carbons (Fsp3) is 0.200. The van der Waals surface area contributed by atoms with E-state index in [1.54, 1.807) is 6.92 Å². The Morgan fingerprint density at radius 1 is 1.00 bits per heavy atom. The van der Waals surface area contributed by atoms with Gasteiger partial charge in [0, 0.05) is 6.54 Å². The minimum atomic E-state index is -0.673. The average molecular weight is 364 g/mol. The van der Waals surface area contributed by atoms with Crippen LogP contribution >= 0.6 is 0 Å². The number of para-hydroxylation sites is 1. The van der Waals surface area contributed by atoms with Crippen LogP contribution in [0.15, 0.2) is 60.7 Å². The van der Waals surface area contributed by atoms with Gasteiger partial charge in [-0.25, -0.2) is 4.79 Å². The van der Waals surface area contributed by atoms with Crippen LogP contribution in [0.1, 0.15) is 21.7 Å². The number of aryl methyl sites for hydroxylation is 1. The normalized spacial score (nSPS) is 10.4. The third-order valence-electron chi connectivity index (χ3n) is 3.88. The number of ether oxygens (including phenoxy) is 1.